The molecule has 2 fully saturated rings. The van der Waals surface area contributed by atoms with Crippen LogP contribution in [0, 0.1) is 16.7 Å². The SMILES string of the molecule is CC1CCC(CN)(C(=O)NCC2(C)CCC2)CC1. The van der Waals surface area contributed by atoms with E-state index in [9.17, 15) is 4.79 Å². The van der Waals surface area contributed by atoms with E-state index in [0.717, 1.165) is 38.1 Å². The van der Waals surface area contributed by atoms with Crippen molar-refractivity contribution >= 4 is 5.91 Å². The molecule has 18 heavy (non-hydrogen) atoms. The van der Waals surface area contributed by atoms with Gasteiger partial charge in [0, 0.05) is 13.1 Å². The molecule has 2 aliphatic rings. The highest BCUT2D eigenvalue weighted by molar-refractivity contribution is 5.83. The normalized spacial score (nSPS) is 34.7. The Hall–Kier alpha value is -0.570. The van der Waals surface area contributed by atoms with E-state index in [1.807, 2.05) is 0 Å². The van der Waals surface area contributed by atoms with Gasteiger partial charge in [0.1, 0.15) is 0 Å². The van der Waals surface area contributed by atoms with E-state index in [0.29, 0.717) is 12.0 Å². The summed E-state index contributed by atoms with van der Waals surface area (Å²) < 4.78 is 0. The number of carbonyl (C=O) groups is 1. The van der Waals surface area contributed by atoms with Crippen molar-refractivity contribution in [2.45, 2.75) is 58.8 Å². The first-order valence-corrected chi connectivity index (χ1v) is 7.48. The van der Waals surface area contributed by atoms with Crippen LogP contribution in [0.1, 0.15) is 58.8 Å². The Labute approximate surface area is 111 Å². The molecule has 0 aromatic rings. The van der Waals surface area contributed by atoms with Crippen LogP contribution in [0.4, 0.5) is 0 Å². The first-order valence-electron chi connectivity index (χ1n) is 7.48. The monoisotopic (exact) mass is 252 g/mol. The third-order valence-corrected chi connectivity index (χ3v) is 5.34. The molecule has 0 aromatic carbocycles. The number of hydrogen-bond donors (Lipinski definition) is 2. The van der Waals surface area contributed by atoms with Gasteiger partial charge in [-0.15, -0.1) is 0 Å². The van der Waals surface area contributed by atoms with Crippen LogP contribution < -0.4 is 11.1 Å². The first kappa shape index (κ1) is 13.9. The number of hydrogen-bond acceptors (Lipinski definition) is 2. The summed E-state index contributed by atoms with van der Waals surface area (Å²) in [6.45, 7) is 5.88. The van der Waals surface area contributed by atoms with Gasteiger partial charge < -0.3 is 11.1 Å². The van der Waals surface area contributed by atoms with Crippen LogP contribution >= 0.6 is 0 Å². The molecule has 2 saturated carbocycles. The summed E-state index contributed by atoms with van der Waals surface area (Å²) in [5.41, 5.74) is 5.99. The predicted molar refractivity (Wildman–Crippen MR) is 74.1 cm³/mol. The van der Waals surface area contributed by atoms with Crippen molar-refractivity contribution in [2.75, 3.05) is 13.1 Å². The molecule has 3 nitrogen and oxygen atoms in total. The Kier molecular flexibility index (Phi) is 4.00. The molecule has 0 radical (unpaired) electrons. The molecule has 104 valence electrons. The van der Waals surface area contributed by atoms with E-state index in [1.54, 1.807) is 0 Å². The summed E-state index contributed by atoms with van der Waals surface area (Å²) in [5.74, 6) is 0.964. The molecule has 2 rings (SSSR count). The van der Waals surface area contributed by atoms with Crippen LogP contribution in [-0.2, 0) is 4.79 Å². The van der Waals surface area contributed by atoms with Crippen molar-refractivity contribution in [2.24, 2.45) is 22.5 Å². The predicted octanol–water partition coefficient (Wildman–Crippen LogP) is 2.45. The third-order valence-electron chi connectivity index (χ3n) is 5.34. The molecule has 0 aromatic heterocycles. The molecule has 0 heterocycles. The second-order valence-electron chi connectivity index (χ2n) is 7.01. The van der Waals surface area contributed by atoms with Crippen molar-refractivity contribution < 1.29 is 4.79 Å². The fourth-order valence-electron chi connectivity index (χ4n) is 3.28. The van der Waals surface area contributed by atoms with Crippen LogP contribution in [-0.4, -0.2) is 19.0 Å². The fraction of sp³-hybridized carbons (Fsp3) is 0.933. The van der Waals surface area contributed by atoms with Crippen LogP contribution in [0.15, 0.2) is 0 Å². The zero-order valence-corrected chi connectivity index (χ0v) is 11.9. The molecule has 1 amide bonds. The second kappa shape index (κ2) is 5.20. The summed E-state index contributed by atoms with van der Waals surface area (Å²) in [4.78, 5) is 12.5. The zero-order chi connectivity index (χ0) is 13.2. The fourth-order valence-corrected chi connectivity index (χ4v) is 3.28. The van der Waals surface area contributed by atoms with Crippen molar-refractivity contribution in [3.05, 3.63) is 0 Å². The first-order chi connectivity index (χ1) is 8.50. The summed E-state index contributed by atoms with van der Waals surface area (Å²) in [6, 6.07) is 0. The Morgan fingerprint density at radius 3 is 2.33 bits per heavy atom. The van der Waals surface area contributed by atoms with E-state index < -0.39 is 0 Å². The minimum atomic E-state index is -0.271. The Morgan fingerprint density at radius 2 is 1.89 bits per heavy atom. The molecule has 0 unspecified atom stereocenters. The lowest BCUT2D eigenvalue weighted by atomic mass is 9.68. The van der Waals surface area contributed by atoms with Gasteiger partial charge in [-0.2, -0.15) is 0 Å². The van der Waals surface area contributed by atoms with Gasteiger partial charge >= 0.3 is 0 Å². The van der Waals surface area contributed by atoms with Crippen molar-refractivity contribution in [1.82, 2.24) is 5.32 Å². The average Bonchev–Trinajstić information content (AvgIpc) is 2.35. The molecule has 2 aliphatic carbocycles. The van der Waals surface area contributed by atoms with Crippen molar-refractivity contribution in [1.29, 1.82) is 0 Å². The van der Waals surface area contributed by atoms with Gasteiger partial charge in [0.15, 0.2) is 0 Å². The summed E-state index contributed by atoms with van der Waals surface area (Å²) in [7, 11) is 0. The van der Waals surface area contributed by atoms with Gasteiger partial charge in [-0.05, 0) is 49.9 Å². The molecular weight excluding hydrogens is 224 g/mol. The molecule has 0 spiro atoms. The number of nitrogens with two attached hydrogens (primary N) is 1. The second-order valence-corrected chi connectivity index (χ2v) is 7.01. The maximum Gasteiger partial charge on any atom is 0.227 e. The summed E-state index contributed by atoms with van der Waals surface area (Å²) in [6.07, 6.45) is 8.02. The van der Waals surface area contributed by atoms with Gasteiger partial charge in [-0.1, -0.05) is 20.3 Å². The minimum Gasteiger partial charge on any atom is -0.355 e. The lowest BCUT2D eigenvalue weighted by Gasteiger charge is -2.41. The maximum absolute atomic E-state index is 12.5. The number of carbonyl (C=O) groups excluding carboxylic acids is 1. The Bertz CT molecular complexity index is 302. The topological polar surface area (TPSA) is 55.1 Å². The van der Waals surface area contributed by atoms with Crippen molar-refractivity contribution in [3.8, 4) is 0 Å². The van der Waals surface area contributed by atoms with E-state index in [4.69, 9.17) is 5.73 Å². The molecule has 0 atom stereocenters. The van der Waals surface area contributed by atoms with Gasteiger partial charge in [0.2, 0.25) is 5.91 Å². The van der Waals surface area contributed by atoms with E-state index in [2.05, 4.69) is 19.2 Å². The Balaban J connectivity index is 1.89. The number of amides is 1. The lowest BCUT2D eigenvalue weighted by Crippen LogP contribution is -2.51. The summed E-state index contributed by atoms with van der Waals surface area (Å²) in [5, 5.41) is 3.18. The van der Waals surface area contributed by atoms with Crippen LogP contribution in [0.25, 0.3) is 0 Å². The molecule has 3 N–H and O–H groups in total. The van der Waals surface area contributed by atoms with Gasteiger partial charge in [-0.3, -0.25) is 4.79 Å². The van der Waals surface area contributed by atoms with E-state index >= 15 is 0 Å². The van der Waals surface area contributed by atoms with Crippen molar-refractivity contribution in [3.63, 3.8) is 0 Å². The quantitative estimate of drug-likeness (QED) is 0.807. The van der Waals surface area contributed by atoms with Gasteiger partial charge in [-0.25, -0.2) is 0 Å². The maximum atomic E-state index is 12.5. The van der Waals surface area contributed by atoms with Crippen LogP contribution in [0.3, 0.4) is 0 Å². The highest BCUT2D eigenvalue weighted by Gasteiger charge is 2.41. The Morgan fingerprint density at radius 1 is 1.28 bits per heavy atom. The molecule has 0 bridgehead atoms. The van der Waals surface area contributed by atoms with Gasteiger partial charge in [0.25, 0.3) is 0 Å². The minimum absolute atomic E-state index is 0.213. The summed E-state index contributed by atoms with van der Waals surface area (Å²) >= 11 is 0. The zero-order valence-electron chi connectivity index (χ0n) is 11.9. The molecule has 3 heteroatoms. The average molecular weight is 252 g/mol. The van der Waals surface area contributed by atoms with Crippen LogP contribution in [0.5, 0.6) is 0 Å². The number of rotatable bonds is 4. The largest absolute Gasteiger partial charge is 0.355 e. The van der Waals surface area contributed by atoms with E-state index in [-0.39, 0.29) is 11.3 Å². The van der Waals surface area contributed by atoms with E-state index in [1.165, 1.54) is 19.3 Å². The molecule has 0 aliphatic heterocycles. The molecular formula is C15H28N2O. The van der Waals surface area contributed by atoms with Gasteiger partial charge in [0.05, 0.1) is 5.41 Å². The lowest BCUT2D eigenvalue weighted by molar-refractivity contribution is -0.133. The highest BCUT2D eigenvalue weighted by Crippen LogP contribution is 2.41. The number of nitrogens with one attached hydrogen (secondary N) is 1. The smallest absolute Gasteiger partial charge is 0.227 e. The molecule has 0 saturated heterocycles. The van der Waals surface area contributed by atoms with Crippen LogP contribution in [0.2, 0.25) is 0 Å². The standard InChI is InChI=1S/C15H28N2O/c1-12-4-8-15(10-16,9-5-12)13(18)17-11-14(2)6-3-7-14/h12H,3-11,16H2,1-2H3,(H,17,18). The third kappa shape index (κ3) is 2.71. The highest BCUT2D eigenvalue weighted by atomic mass is 16.2.